The van der Waals surface area contributed by atoms with E-state index in [1.54, 1.807) is 14.2 Å². The summed E-state index contributed by atoms with van der Waals surface area (Å²) in [6, 6.07) is 6.07. The van der Waals surface area contributed by atoms with Crippen molar-refractivity contribution in [1.82, 2.24) is 15.2 Å². The molecule has 0 radical (unpaired) electrons. The van der Waals surface area contributed by atoms with Crippen molar-refractivity contribution in [3.63, 3.8) is 0 Å². The number of ether oxygens (including phenoxy) is 2. The van der Waals surface area contributed by atoms with Crippen LogP contribution in [-0.4, -0.2) is 56.7 Å². The van der Waals surface area contributed by atoms with E-state index in [2.05, 4.69) is 41.8 Å². The number of aromatic amines is 1. The van der Waals surface area contributed by atoms with Gasteiger partial charge < -0.3 is 24.7 Å². The fraction of sp³-hybridized carbons (Fsp3) is 0.500. The molecule has 2 N–H and O–H groups in total. The smallest absolute Gasteiger partial charge is 0.193 e. The van der Waals surface area contributed by atoms with E-state index < -0.39 is 0 Å². The molecule has 0 unspecified atom stereocenters. The number of aryl methyl sites for hydroxylation is 1. The van der Waals surface area contributed by atoms with Gasteiger partial charge >= 0.3 is 0 Å². The third-order valence-electron chi connectivity index (χ3n) is 4.65. The Hall–Kier alpha value is -2.63. The minimum atomic E-state index is 0.782. The van der Waals surface area contributed by atoms with Crippen LogP contribution in [0.25, 0.3) is 10.9 Å². The van der Waals surface area contributed by atoms with Crippen molar-refractivity contribution in [1.29, 1.82) is 0 Å². The Labute approximate surface area is 168 Å². The fourth-order valence-corrected chi connectivity index (χ4v) is 3.16. The molecule has 1 aromatic carbocycles. The van der Waals surface area contributed by atoms with Crippen LogP contribution in [0, 0.1) is 0 Å². The van der Waals surface area contributed by atoms with Crippen molar-refractivity contribution in [2.75, 3.05) is 40.9 Å². The number of benzene rings is 1. The van der Waals surface area contributed by atoms with E-state index in [1.807, 2.05) is 18.2 Å². The summed E-state index contributed by atoms with van der Waals surface area (Å²) in [6.45, 7) is 8.50. The van der Waals surface area contributed by atoms with Crippen molar-refractivity contribution >= 4 is 16.9 Å². The van der Waals surface area contributed by atoms with Crippen LogP contribution in [0.3, 0.4) is 0 Å². The molecule has 0 saturated heterocycles. The van der Waals surface area contributed by atoms with E-state index >= 15 is 0 Å². The lowest BCUT2D eigenvalue weighted by Gasteiger charge is -2.21. The third-order valence-corrected chi connectivity index (χ3v) is 4.65. The standard InChI is InChI=1S/C22H34N4O2/c1-6-8-9-13-26(3)22(23-7-2)24-12-10-11-17-14-19-20(25-17)15-18(27-4)16-21(19)28-5/h6,14-16,25H,1,7-13H2,2-5H3,(H,23,24). The number of hydrogen-bond donors (Lipinski definition) is 2. The number of fused-ring (bicyclic) bond motifs is 1. The van der Waals surface area contributed by atoms with Crippen molar-refractivity contribution in [2.45, 2.75) is 32.6 Å². The molecule has 6 nitrogen and oxygen atoms in total. The molecule has 1 heterocycles. The topological polar surface area (TPSA) is 61.9 Å². The number of allylic oxidation sites excluding steroid dienone is 1. The lowest BCUT2D eigenvalue weighted by Crippen LogP contribution is -2.39. The maximum Gasteiger partial charge on any atom is 0.193 e. The molecule has 2 rings (SSSR count). The summed E-state index contributed by atoms with van der Waals surface area (Å²) in [6.07, 6.45) is 5.98. The van der Waals surface area contributed by atoms with Gasteiger partial charge in [-0.25, -0.2) is 0 Å². The Kier molecular flexibility index (Phi) is 8.72. The summed E-state index contributed by atoms with van der Waals surface area (Å²) in [4.78, 5) is 10.4. The predicted molar refractivity (Wildman–Crippen MR) is 118 cm³/mol. The van der Waals surface area contributed by atoms with Crippen LogP contribution >= 0.6 is 0 Å². The van der Waals surface area contributed by atoms with Crippen molar-refractivity contribution in [3.8, 4) is 11.5 Å². The van der Waals surface area contributed by atoms with Crippen LogP contribution in [0.5, 0.6) is 11.5 Å². The second-order valence-electron chi connectivity index (χ2n) is 6.78. The molecular formula is C22H34N4O2. The number of unbranched alkanes of at least 4 members (excludes halogenated alkanes) is 1. The van der Waals surface area contributed by atoms with Gasteiger partial charge in [-0.15, -0.1) is 6.58 Å². The molecule has 2 aromatic rings. The molecule has 0 aliphatic carbocycles. The van der Waals surface area contributed by atoms with Crippen LogP contribution in [0.1, 0.15) is 31.9 Å². The van der Waals surface area contributed by atoms with Gasteiger partial charge in [-0.3, -0.25) is 4.99 Å². The monoisotopic (exact) mass is 386 g/mol. The Morgan fingerprint density at radius 1 is 1.25 bits per heavy atom. The van der Waals surface area contributed by atoms with Crippen molar-refractivity contribution < 1.29 is 9.47 Å². The van der Waals surface area contributed by atoms with Gasteiger partial charge in [0.25, 0.3) is 0 Å². The van der Waals surface area contributed by atoms with E-state index in [9.17, 15) is 0 Å². The molecule has 1 aromatic heterocycles. The average Bonchev–Trinajstić information content (AvgIpc) is 3.12. The van der Waals surface area contributed by atoms with Gasteiger partial charge in [-0.2, -0.15) is 0 Å². The average molecular weight is 387 g/mol. The Balaban J connectivity index is 1.97. The highest BCUT2D eigenvalue weighted by molar-refractivity contribution is 5.88. The summed E-state index contributed by atoms with van der Waals surface area (Å²) >= 11 is 0. The molecule has 0 saturated carbocycles. The second-order valence-corrected chi connectivity index (χ2v) is 6.78. The SMILES string of the molecule is C=CCCCN(C)C(=NCCCc1cc2c(OC)cc(OC)cc2[nH]1)NCC. The first-order valence-corrected chi connectivity index (χ1v) is 9.96. The van der Waals surface area contributed by atoms with Crippen LogP contribution in [-0.2, 0) is 6.42 Å². The number of nitrogens with one attached hydrogen (secondary N) is 2. The zero-order chi connectivity index (χ0) is 20.4. The minimum absolute atomic E-state index is 0.782. The molecule has 0 spiro atoms. The van der Waals surface area contributed by atoms with Gasteiger partial charge in [0, 0.05) is 49.9 Å². The normalized spacial score (nSPS) is 11.5. The molecule has 0 fully saturated rings. The molecule has 0 aliphatic rings. The fourth-order valence-electron chi connectivity index (χ4n) is 3.16. The highest BCUT2D eigenvalue weighted by atomic mass is 16.5. The number of aromatic nitrogens is 1. The molecule has 28 heavy (non-hydrogen) atoms. The number of nitrogens with zero attached hydrogens (tertiary/aromatic N) is 2. The highest BCUT2D eigenvalue weighted by Crippen LogP contribution is 2.31. The summed E-state index contributed by atoms with van der Waals surface area (Å²) in [5, 5.41) is 4.45. The molecule has 154 valence electrons. The van der Waals surface area contributed by atoms with E-state index in [0.717, 1.165) is 73.7 Å². The lowest BCUT2D eigenvalue weighted by atomic mass is 10.2. The Morgan fingerprint density at radius 3 is 2.75 bits per heavy atom. The van der Waals surface area contributed by atoms with Crippen LogP contribution in [0.4, 0.5) is 0 Å². The summed E-state index contributed by atoms with van der Waals surface area (Å²) in [5.74, 6) is 2.58. The zero-order valence-corrected chi connectivity index (χ0v) is 17.7. The molecular weight excluding hydrogens is 352 g/mol. The van der Waals surface area contributed by atoms with E-state index in [0.29, 0.717) is 0 Å². The number of rotatable bonds is 11. The Morgan fingerprint density at radius 2 is 2.07 bits per heavy atom. The number of hydrogen-bond acceptors (Lipinski definition) is 3. The minimum Gasteiger partial charge on any atom is -0.497 e. The maximum absolute atomic E-state index is 5.49. The van der Waals surface area contributed by atoms with Crippen LogP contribution in [0.2, 0.25) is 0 Å². The summed E-state index contributed by atoms with van der Waals surface area (Å²) in [5.41, 5.74) is 2.21. The first-order chi connectivity index (χ1) is 13.6. The number of aliphatic imine (C=N–C) groups is 1. The van der Waals surface area contributed by atoms with E-state index in [-0.39, 0.29) is 0 Å². The second kappa shape index (κ2) is 11.3. The quantitative estimate of drug-likeness (QED) is 0.265. The molecule has 0 aliphatic heterocycles. The van der Waals surface area contributed by atoms with Crippen LogP contribution < -0.4 is 14.8 Å². The largest absolute Gasteiger partial charge is 0.497 e. The highest BCUT2D eigenvalue weighted by Gasteiger charge is 2.09. The molecule has 6 heteroatoms. The van der Waals surface area contributed by atoms with E-state index in [1.165, 1.54) is 5.69 Å². The zero-order valence-electron chi connectivity index (χ0n) is 17.7. The number of guanidine groups is 1. The van der Waals surface area contributed by atoms with Crippen LogP contribution in [0.15, 0.2) is 35.8 Å². The first kappa shape index (κ1) is 21.7. The summed E-state index contributed by atoms with van der Waals surface area (Å²) in [7, 11) is 5.43. The van der Waals surface area contributed by atoms with Gasteiger partial charge in [0.2, 0.25) is 0 Å². The van der Waals surface area contributed by atoms with Gasteiger partial charge in [0.1, 0.15) is 11.5 Å². The predicted octanol–water partition coefficient (Wildman–Crippen LogP) is 3.98. The third kappa shape index (κ3) is 5.94. The molecule has 0 amide bonds. The van der Waals surface area contributed by atoms with Gasteiger partial charge in [0.15, 0.2) is 5.96 Å². The van der Waals surface area contributed by atoms with Gasteiger partial charge in [0.05, 0.1) is 19.7 Å². The van der Waals surface area contributed by atoms with Crippen molar-refractivity contribution in [2.24, 2.45) is 4.99 Å². The Bertz CT molecular complexity index is 782. The van der Waals surface area contributed by atoms with Gasteiger partial charge in [-0.05, 0) is 38.7 Å². The number of methoxy groups -OCH3 is 2. The summed E-state index contributed by atoms with van der Waals surface area (Å²) < 4.78 is 10.8. The molecule has 0 atom stereocenters. The lowest BCUT2D eigenvalue weighted by molar-refractivity contribution is 0.398. The first-order valence-electron chi connectivity index (χ1n) is 9.96. The number of H-pyrrole nitrogens is 1. The van der Waals surface area contributed by atoms with Crippen molar-refractivity contribution in [3.05, 3.63) is 36.5 Å². The molecule has 0 bridgehead atoms. The van der Waals surface area contributed by atoms with E-state index in [4.69, 9.17) is 14.5 Å². The van der Waals surface area contributed by atoms with Gasteiger partial charge in [-0.1, -0.05) is 6.08 Å². The maximum atomic E-state index is 5.49.